The van der Waals surface area contributed by atoms with Crippen molar-refractivity contribution in [2.75, 3.05) is 106 Å². The zero-order valence-electron chi connectivity index (χ0n) is 41.1. The van der Waals surface area contributed by atoms with Crippen molar-refractivity contribution >= 4 is 32.2 Å². The Morgan fingerprint density at radius 2 is 0.985 bits per heavy atom. The van der Waals surface area contributed by atoms with Crippen LogP contribution < -0.4 is 21.3 Å². The summed E-state index contributed by atoms with van der Waals surface area (Å²) < 4.78 is 47.8. The summed E-state index contributed by atoms with van der Waals surface area (Å²) in [7, 11) is -1.48. The largest absolute Gasteiger partial charge is 0.377 e. The molecular weight excluding hydrogens is 896 g/mol. The van der Waals surface area contributed by atoms with Crippen LogP contribution >= 0.6 is 8.53 Å². The lowest BCUT2D eigenvalue weighted by molar-refractivity contribution is -0.148. The van der Waals surface area contributed by atoms with Crippen LogP contribution in [0, 0.1) is 53.8 Å². The molecule has 3 fully saturated rings. The molecule has 0 radical (unpaired) electrons. The first-order valence-corrected chi connectivity index (χ1v) is 25.1. The molecule has 0 aliphatic heterocycles. The van der Waals surface area contributed by atoms with Crippen molar-refractivity contribution in [2.24, 2.45) is 5.41 Å². The predicted octanol–water partition coefficient (Wildman–Crippen LogP) is 3.92. The van der Waals surface area contributed by atoms with Crippen molar-refractivity contribution in [1.82, 2.24) is 25.9 Å². The van der Waals surface area contributed by atoms with Crippen molar-refractivity contribution in [3.05, 3.63) is 0 Å². The van der Waals surface area contributed by atoms with E-state index in [1.165, 1.54) is 0 Å². The summed E-state index contributed by atoms with van der Waals surface area (Å²) in [5, 5.41) is 21.3. The van der Waals surface area contributed by atoms with Crippen molar-refractivity contribution in [3.8, 4) is 43.1 Å². The molecule has 2 bridgehead atoms. The van der Waals surface area contributed by atoms with Crippen molar-refractivity contribution in [1.29, 1.82) is 5.26 Å². The lowest BCUT2D eigenvalue weighted by Crippen LogP contribution is -2.59. The first-order chi connectivity index (χ1) is 32.8. The van der Waals surface area contributed by atoms with Gasteiger partial charge in [0.15, 0.2) is 0 Å². The number of amides is 4. The van der Waals surface area contributed by atoms with Gasteiger partial charge < -0.3 is 58.7 Å². The molecule has 3 aliphatic rings. The number of nitrogens with zero attached hydrogens (tertiary/aromatic N) is 2. The molecular formula is C49H79N6O12P. The number of nitriles is 1. The van der Waals surface area contributed by atoms with Gasteiger partial charge in [-0.25, -0.2) is 4.67 Å². The Labute approximate surface area is 407 Å². The fourth-order valence-corrected chi connectivity index (χ4v) is 10.1. The molecule has 0 aromatic carbocycles. The van der Waals surface area contributed by atoms with Crippen molar-refractivity contribution < 1.29 is 56.6 Å². The Morgan fingerprint density at radius 1 is 0.603 bits per heavy atom. The van der Waals surface area contributed by atoms with Gasteiger partial charge in [0, 0.05) is 61.9 Å². The number of terminal acetylenes is 3. The molecule has 3 aliphatic carbocycles. The average Bonchev–Trinajstić information content (AvgIpc) is 3.32. The van der Waals surface area contributed by atoms with Gasteiger partial charge in [0.1, 0.15) is 19.8 Å². The fourth-order valence-electron chi connectivity index (χ4n) is 8.18. The van der Waals surface area contributed by atoms with Crippen LogP contribution in [0.4, 0.5) is 0 Å². The first-order valence-electron chi connectivity index (χ1n) is 24.0. The van der Waals surface area contributed by atoms with Gasteiger partial charge in [-0.15, -0.1) is 19.3 Å². The predicted molar refractivity (Wildman–Crippen MR) is 258 cm³/mol. The minimum atomic E-state index is -1.48. The van der Waals surface area contributed by atoms with Crippen LogP contribution in [0.5, 0.6) is 0 Å². The quantitative estimate of drug-likeness (QED) is 0.0389. The maximum atomic E-state index is 14.9. The Bertz CT molecular complexity index is 1510. The van der Waals surface area contributed by atoms with E-state index in [0.29, 0.717) is 78.2 Å². The molecule has 1 atom stereocenters. The number of carbonyl (C=O) groups excluding carboxylic acids is 4. The maximum Gasteiger partial charge on any atom is 0.259 e. The van der Waals surface area contributed by atoms with Gasteiger partial charge in [-0.2, -0.15) is 5.26 Å². The maximum absolute atomic E-state index is 14.9. The molecule has 68 heavy (non-hydrogen) atoms. The summed E-state index contributed by atoms with van der Waals surface area (Å²) in [4.78, 5) is 55.0. The molecule has 4 amide bonds. The topological polar surface area (TPSA) is 217 Å². The molecule has 19 heteroatoms. The second-order valence-electron chi connectivity index (χ2n) is 17.5. The van der Waals surface area contributed by atoms with E-state index >= 15 is 0 Å². The van der Waals surface area contributed by atoms with Gasteiger partial charge >= 0.3 is 0 Å². The third-order valence-electron chi connectivity index (χ3n) is 11.8. The number of nitrogens with one attached hydrogen (secondary N) is 4. The van der Waals surface area contributed by atoms with Crippen LogP contribution in [0.1, 0.15) is 111 Å². The van der Waals surface area contributed by atoms with Crippen LogP contribution in [0.2, 0.25) is 0 Å². The SMILES string of the molecule is C#CCOCCOCCNC(=O)CCC(CCC(=O)NCCOCCOCC#C)(CCC(=O)NCCOCCOCC#C)NC(=O)C12CCC(OP(OCCC#N)N(C(C)C)C(C)C)(CC1)CC2. The second-order valence-corrected chi connectivity index (χ2v) is 18.9. The van der Waals surface area contributed by atoms with Crippen LogP contribution in [0.3, 0.4) is 0 Å². The number of hydrogen-bond acceptors (Lipinski definition) is 14. The lowest BCUT2D eigenvalue weighted by atomic mass is 9.58. The molecule has 382 valence electrons. The standard InChI is InChI=1S/C49H79N6O12P/c1-8-28-60-35-38-63-32-25-51-43(56)12-15-48(16-13-44(57)52-26-33-64-39-36-61-29-9-2,17-14-45(58)53-27-34-65-40-37-62-30-10-3)54-46(59)47-18-21-49(22-19-47,23-20-47)67-68(66-31-11-24-50)55(41(4)5)42(6)7/h1-3,41-42H,11-23,25-40H2,4-7H3,(H,51,56)(H,52,57)(H,53,58)(H,54,59). The van der Waals surface area contributed by atoms with E-state index in [0.717, 1.165) is 0 Å². The van der Waals surface area contributed by atoms with E-state index in [2.05, 4.69) is 77.5 Å². The van der Waals surface area contributed by atoms with E-state index in [1.807, 2.05) is 0 Å². The second kappa shape index (κ2) is 35.3. The first kappa shape index (κ1) is 60.2. The lowest BCUT2D eigenvalue weighted by Gasteiger charge is -2.54. The molecule has 18 nitrogen and oxygen atoms in total. The van der Waals surface area contributed by atoms with E-state index in [1.54, 1.807) is 0 Å². The molecule has 0 aromatic heterocycles. The van der Waals surface area contributed by atoms with E-state index in [4.69, 9.17) is 56.7 Å². The molecule has 0 heterocycles. The summed E-state index contributed by atoms with van der Waals surface area (Å²) in [5.41, 5.74) is -2.31. The Balaban J connectivity index is 2.29. The van der Waals surface area contributed by atoms with Crippen LogP contribution in [-0.2, 0) is 56.6 Å². The van der Waals surface area contributed by atoms with Gasteiger partial charge in [-0.1, -0.05) is 17.8 Å². The highest BCUT2D eigenvalue weighted by molar-refractivity contribution is 7.44. The minimum Gasteiger partial charge on any atom is -0.377 e. The Kier molecular flexibility index (Phi) is 31.2. The van der Waals surface area contributed by atoms with Crippen molar-refractivity contribution in [2.45, 2.75) is 134 Å². The third-order valence-corrected chi connectivity index (χ3v) is 14.1. The Morgan fingerprint density at radius 3 is 1.34 bits per heavy atom. The summed E-state index contributed by atoms with van der Waals surface area (Å²) in [5.74, 6) is 6.22. The minimum absolute atomic E-state index is 0.0154. The average molecular weight is 975 g/mol. The number of fused-ring (bicyclic) bond motifs is 3. The normalized spacial score (nSPS) is 18.0. The fraction of sp³-hybridized carbons (Fsp3) is 0.776. The van der Waals surface area contributed by atoms with Crippen LogP contribution in [-0.4, -0.2) is 157 Å². The molecule has 0 saturated heterocycles. The molecule has 3 saturated carbocycles. The summed E-state index contributed by atoms with van der Waals surface area (Å²) in [6, 6.07) is 2.45. The summed E-state index contributed by atoms with van der Waals surface area (Å²) >= 11 is 0. The molecule has 3 rings (SSSR count). The van der Waals surface area contributed by atoms with E-state index in [9.17, 15) is 24.4 Å². The monoisotopic (exact) mass is 975 g/mol. The summed E-state index contributed by atoms with van der Waals surface area (Å²) in [6.45, 7) is 12.7. The summed E-state index contributed by atoms with van der Waals surface area (Å²) in [6.07, 6.45) is 20.1. The van der Waals surface area contributed by atoms with Crippen LogP contribution in [0.15, 0.2) is 0 Å². The van der Waals surface area contributed by atoms with Crippen LogP contribution in [0.25, 0.3) is 0 Å². The molecule has 4 N–H and O–H groups in total. The van der Waals surface area contributed by atoms with Crippen molar-refractivity contribution in [3.63, 3.8) is 0 Å². The molecule has 1 unspecified atom stereocenters. The Hall–Kier alpha value is -3.88. The number of ether oxygens (including phenoxy) is 6. The van der Waals surface area contributed by atoms with Gasteiger partial charge in [0.05, 0.1) is 84.2 Å². The highest BCUT2D eigenvalue weighted by atomic mass is 31.2. The smallest absolute Gasteiger partial charge is 0.259 e. The molecule has 0 aromatic rings. The van der Waals surface area contributed by atoms with E-state index < -0.39 is 25.1 Å². The number of carbonyl (C=O) groups is 4. The number of rotatable bonds is 40. The highest BCUT2D eigenvalue weighted by Gasteiger charge is 2.55. The number of hydrogen-bond donors (Lipinski definition) is 4. The zero-order chi connectivity index (χ0) is 49.9. The van der Waals surface area contributed by atoms with Gasteiger partial charge in [-0.3, -0.25) is 19.2 Å². The molecule has 0 spiro atoms. The third kappa shape index (κ3) is 24.1. The van der Waals surface area contributed by atoms with Gasteiger partial charge in [-0.05, 0) is 85.5 Å². The zero-order valence-corrected chi connectivity index (χ0v) is 42.0. The highest BCUT2D eigenvalue weighted by Crippen LogP contribution is 2.60. The van der Waals surface area contributed by atoms with E-state index in [-0.39, 0.29) is 147 Å². The van der Waals surface area contributed by atoms with Gasteiger partial charge in [0.2, 0.25) is 23.6 Å². The van der Waals surface area contributed by atoms with Gasteiger partial charge in [0.25, 0.3) is 8.53 Å².